The molecule has 0 bridgehead atoms. The van der Waals surface area contributed by atoms with Crippen LogP contribution in [-0.2, 0) is 4.79 Å². The second-order valence-corrected chi connectivity index (χ2v) is 4.28. The SMILES string of the molecule is Cc1cc(Br)ccc1NC(=O)NC(=O)CCl. The van der Waals surface area contributed by atoms with E-state index in [9.17, 15) is 9.59 Å². The van der Waals surface area contributed by atoms with E-state index in [1.54, 1.807) is 12.1 Å². The number of aryl methyl sites for hydroxylation is 1. The summed E-state index contributed by atoms with van der Waals surface area (Å²) in [6.45, 7) is 1.85. The number of rotatable bonds is 2. The summed E-state index contributed by atoms with van der Waals surface area (Å²) in [5, 5.41) is 4.64. The molecule has 2 N–H and O–H groups in total. The summed E-state index contributed by atoms with van der Waals surface area (Å²) < 4.78 is 0.924. The highest BCUT2D eigenvalue weighted by atomic mass is 79.9. The molecule has 1 aromatic rings. The van der Waals surface area contributed by atoms with Gasteiger partial charge in [0.1, 0.15) is 5.88 Å². The van der Waals surface area contributed by atoms with Gasteiger partial charge in [0.15, 0.2) is 0 Å². The van der Waals surface area contributed by atoms with Crippen molar-refractivity contribution in [3.63, 3.8) is 0 Å². The zero-order chi connectivity index (χ0) is 12.1. The van der Waals surface area contributed by atoms with Gasteiger partial charge in [-0.15, -0.1) is 11.6 Å². The number of hydrogen-bond acceptors (Lipinski definition) is 2. The predicted molar refractivity (Wildman–Crippen MR) is 66.8 cm³/mol. The van der Waals surface area contributed by atoms with Crippen LogP contribution in [0.25, 0.3) is 0 Å². The molecule has 1 aromatic carbocycles. The zero-order valence-electron chi connectivity index (χ0n) is 8.51. The number of amides is 3. The number of hydrogen-bond donors (Lipinski definition) is 2. The van der Waals surface area contributed by atoms with Gasteiger partial charge >= 0.3 is 6.03 Å². The van der Waals surface area contributed by atoms with Crippen LogP contribution in [0.4, 0.5) is 10.5 Å². The monoisotopic (exact) mass is 304 g/mol. The van der Waals surface area contributed by atoms with Crippen LogP contribution in [0.3, 0.4) is 0 Å². The lowest BCUT2D eigenvalue weighted by Gasteiger charge is -2.08. The van der Waals surface area contributed by atoms with Crippen LogP contribution in [0.1, 0.15) is 5.56 Å². The van der Waals surface area contributed by atoms with Crippen molar-refractivity contribution in [3.8, 4) is 0 Å². The van der Waals surface area contributed by atoms with Gasteiger partial charge in [-0.25, -0.2) is 4.79 Å². The molecular formula is C10H10BrClN2O2. The van der Waals surface area contributed by atoms with Crippen LogP contribution < -0.4 is 10.6 Å². The molecule has 0 atom stereocenters. The first-order chi connectivity index (χ1) is 7.52. The summed E-state index contributed by atoms with van der Waals surface area (Å²) in [5.41, 5.74) is 1.53. The number of nitrogens with one attached hydrogen (secondary N) is 2. The molecule has 0 radical (unpaired) electrons. The first-order valence-corrected chi connectivity index (χ1v) is 5.78. The fourth-order valence-corrected chi connectivity index (χ4v) is 1.62. The fraction of sp³-hybridized carbons (Fsp3) is 0.200. The normalized spacial score (nSPS) is 9.69. The summed E-state index contributed by atoms with van der Waals surface area (Å²) in [6, 6.07) is 4.81. The summed E-state index contributed by atoms with van der Waals surface area (Å²) >= 11 is 8.57. The molecule has 0 aliphatic rings. The molecule has 0 heterocycles. The van der Waals surface area contributed by atoms with E-state index in [0.717, 1.165) is 10.0 Å². The van der Waals surface area contributed by atoms with Crippen molar-refractivity contribution >= 4 is 45.2 Å². The number of carbonyl (C=O) groups is 2. The lowest BCUT2D eigenvalue weighted by Crippen LogP contribution is -2.35. The molecule has 16 heavy (non-hydrogen) atoms. The Morgan fingerprint density at radius 3 is 2.69 bits per heavy atom. The van der Waals surface area contributed by atoms with Crippen molar-refractivity contribution in [2.75, 3.05) is 11.2 Å². The van der Waals surface area contributed by atoms with Gasteiger partial charge in [0.2, 0.25) is 5.91 Å². The molecule has 3 amide bonds. The van der Waals surface area contributed by atoms with E-state index >= 15 is 0 Å². The number of alkyl halides is 1. The maximum atomic E-state index is 11.3. The first kappa shape index (κ1) is 13.0. The lowest BCUT2D eigenvalue weighted by molar-refractivity contribution is -0.117. The Kier molecular flexibility index (Phi) is 4.76. The van der Waals surface area contributed by atoms with Crippen LogP contribution in [0.15, 0.2) is 22.7 Å². The van der Waals surface area contributed by atoms with Crippen LogP contribution in [0.5, 0.6) is 0 Å². The molecule has 1 rings (SSSR count). The van der Waals surface area contributed by atoms with E-state index < -0.39 is 11.9 Å². The summed E-state index contributed by atoms with van der Waals surface area (Å²) in [4.78, 5) is 22.1. The third-order valence-corrected chi connectivity index (χ3v) is 2.55. The van der Waals surface area contributed by atoms with Crippen molar-refractivity contribution < 1.29 is 9.59 Å². The molecule has 6 heteroatoms. The van der Waals surface area contributed by atoms with Crippen LogP contribution in [0, 0.1) is 6.92 Å². The molecule has 0 spiro atoms. The van der Waals surface area contributed by atoms with Crippen molar-refractivity contribution in [3.05, 3.63) is 28.2 Å². The smallest absolute Gasteiger partial charge is 0.307 e. The van der Waals surface area contributed by atoms with Gasteiger partial charge in [-0.1, -0.05) is 15.9 Å². The number of urea groups is 1. The minimum Gasteiger partial charge on any atom is -0.307 e. The minimum absolute atomic E-state index is 0.243. The van der Waals surface area contributed by atoms with E-state index in [-0.39, 0.29) is 5.88 Å². The Morgan fingerprint density at radius 1 is 1.44 bits per heavy atom. The summed E-state index contributed by atoms with van der Waals surface area (Å²) in [5.74, 6) is -0.777. The second kappa shape index (κ2) is 5.86. The highest BCUT2D eigenvalue weighted by Crippen LogP contribution is 2.19. The Hall–Kier alpha value is -1.07. The molecule has 0 aliphatic heterocycles. The molecule has 0 aromatic heterocycles. The topological polar surface area (TPSA) is 58.2 Å². The van der Waals surface area contributed by atoms with E-state index in [4.69, 9.17) is 11.6 Å². The number of anilines is 1. The Morgan fingerprint density at radius 2 is 2.12 bits per heavy atom. The van der Waals surface area contributed by atoms with E-state index in [2.05, 4.69) is 26.6 Å². The predicted octanol–water partition coefficient (Wildman–Crippen LogP) is 2.64. The van der Waals surface area contributed by atoms with Gasteiger partial charge < -0.3 is 5.32 Å². The summed E-state index contributed by atoms with van der Waals surface area (Å²) in [6.07, 6.45) is 0. The van der Waals surface area contributed by atoms with Crippen molar-refractivity contribution in [1.82, 2.24) is 5.32 Å². The Bertz CT molecular complexity index is 423. The van der Waals surface area contributed by atoms with E-state index in [1.807, 2.05) is 13.0 Å². The maximum Gasteiger partial charge on any atom is 0.325 e. The van der Waals surface area contributed by atoms with Gasteiger partial charge in [-0.05, 0) is 30.7 Å². The van der Waals surface area contributed by atoms with Gasteiger partial charge in [0.25, 0.3) is 0 Å². The quantitative estimate of drug-likeness (QED) is 0.825. The van der Waals surface area contributed by atoms with Crippen molar-refractivity contribution in [1.29, 1.82) is 0 Å². The largest absolute Gasteiger partial charge is 0.325 e. The first-order valence-electron chi connectivity index (χ1n) is 4.46. The lowest BCUT2D eigenvalue weighted by atomic mass is 10.2. The number of halogens is 2. The Balaban J connectivity index is 2.66. The summed E-state index contributed by atoms with van der Waals surface area (Å²) in [7, 11) is 0. The average Bonchev–Trinajstić information content (AvgIpc) is 2.22. The molecule has 0 aliphatic carbocycles. The van der Waals surface area contributed by atoms with Crippen LogP contribution >= 0.6 is 27.5 Å². The van der Waals surface area contributed by atoms with Gasteiger partial charge in [-0.3, -0.25) is 10.1 Å². The second-order valence-electron chi connectivity index (χ2n) is 3.10. The van der Waals surface area contributed by atoms with Crippen LogP contribution in [0.2, 0.25) is 0 Å². The highest BCUT2D eigenvalue weighted by Gasteiger charge is 2.07. The number of carbonyl (C=O) groups excluding carboxylic acids is 2. The minimum atomic E-state index is -0.587. The van der Waals surface area contributed by atoms with Crippen molar-refractivity contribution in [2.45, 2.75) is 6.92 Å². The fourth-order valence-electron chi connectivity index (χ4n) is 1.08. The van der Waals surface area contributed by atoms with Crippen LogP contribution in [-0.4, -0.2) is 17.8 Å². The molecule has 86 valence electrons. The molecule has 0 fully saturated rings. The number of benzene rings is 1. The third-order valence-electron chi connectivity index (χ3n) is 1.81. The highest BCUT2D eigenvalue weighted by molar-refractivity contribution is 9.10. The van der Waals surface area contributed by atoms with E-state index in [0.29, 0.717) is 5.69 Å². The maximum absolute atomic E-state index is 11.3. The standard InChI is InChI=1S/C10H10BrClN2O2/c1-6-4-7(11)2-3-8(6)13-10(16)14-9(15)5-12/h2-4H,5H2,1H3,(H2,13,14,15,16). The molecule has 4 nitrogen and oxygen atoms in total. The number of imide groups is 1. The molecular weight excluding hydrogens is 295 g/mol. The molecule has 0 saturated carbocycles. The molecule has 0 unspecified atom stereocenters. The zero-order valence-corrected chi connectivity index (χ0v) is 10.9. The molecule has 0 saturated heterocycles. The van der Waals surface area contributed by atoms with Gasteiger partial charge in [0.05, 0.1) is 0 Å². The van der Waals surface area contributed by atoms with Gasteiger partial charge in [-0.2, -0.15) is 0 Å². The average molecular weight is 306 g/mol. The van der Waals surface area contributed by atoms with Crippen molar-refractivity contribution in [2.24, 2.45) is 0 Å². The van der Waals surface area contributed by atoms with Gasteiger partial charge in [0, 0.05) is 10.2 Å². The Labute approximate surface area is 106 Å². The van der Waals surface area contributed by atoms with E-state index in [1.165, 1.54) is 0 Å². The third kappa shape index (κ3) is 3.83.